The third-order valence-electron chi connectivity index (χ3n) is 3.67. The first kappa shape index (κ1) is 13.4. The molecule has 20 heavy (non-hydrogen) atoms. The van der Waals surface area contributed by atoms with Crippen molar-refractivity contribution in [3.63, 3.8) is 0 Å². The van der Waals surface area contributed by atoms with Gasteiger partial charge >= 0.3 is 6.61 Å². The molecular formula is C15H17F2NO2. The molecule has 1 aliphatic heterocycles. The summed E-state index contributed by atoms with van der Waals surface area (Å²) in [5.41, 5.74) is 0.995. The van der Waals surface area contributed by atoms with E-state index in [0.717, 1.165) is 31.4 Å². The zero-order valence-electron chi connectivity index (χ0n) is 11.0. The van der Waals surface area contributed by atoms with Crippen LogP contribution in [-0.2, 0) is 0 Å². The van der Waals surface area contributed by atoms with Gasteiger partial charge in [-0.2, -0.15) is 8.78 Å². The standard InChI is InChI=1S/C15H17F2NO2/c16-15(17)20-13-7-6-10(12-5-2-8-18-12)9-14(13)19-11-3-1-4-11/h2,5-7,9,11-12,15,18H,1,3-4,8H2. The van der Waals surface area contributed by atoms with Gasteiger partial charge in [-0.3, -0.25) is 0 Å². The first-order chi connectivity index (χ1) is 9.72. The van der Waals surface area contributed by atoms with Crippen LogP contribution >= 0.6 is 0 Å². The first-order valence-electron chi connectivity index (χ1n) is 6.88. The van der Waals surface area contributed by atoms with E-state index < -0.39 is 6.61 Å². The Labute approximate surface area is 116 Å². The van der Waals surface area contributed by atoms with E-state index >= 15 is 0 Å². The van der Waals surface area contributed by atoms with Crippen LogP contribution in [0.2, 0.25) is 0 Å². The van der Waals surface area contributed by atoms with Crippen molar-refractivity contribution in [3.8, 4) is 11.5 Å². The summed E-state index contributed by atoms with van der Waals surface area (Å²) in [7, 11) is 0. The minimum absolute atomic E-state index is 0.109. The van der Waals surface area contributed by atoms with E-state index in [1.807, 2.05) is 6.08 Å². The topological polar surface area (TPSA) is 30.5 Å². The van der Waals surface area contributed by atoms with Crippen LogP contribution in [0.4, 0.5) is 8.78 Å². The van der Waals surface area contributed by atoms with Gasteiger partial charge in [0.05, 0.1) is 12.1 Å². The Morgan fingerprint density at radius 3 is 2.65 bits per heavy atom. The third kappa shape index (κ3) is 2.93. The maximum absolute atomic E-state index is 12.4. The molecule has 0 aromatic heterocycles. The van der Waals surface area contributed by atoms with Crippen LogP contribution in [0, 0.1) is 0 Å². The average molecular weight is 281 g/mol. The first-order valence-corrected chi connectivity index (χ1v) is 6.88. The Balaban J connectivity index is 1.83. The minimum atomic E-state index is -2.84. The summed E-state index contributed by atoms with van der Waals surface area (Å²) in [6.07, 6.45) is 7.29. The Morgan fingerprint density at radius 1 is 1.20 bits per heavy atom. The quantitative estimate of drug-likeness (QED) is 0.839. The molecule has 1 unspecified atom stereocenters. The van der Waals surface area contributed by atoms with Crippen molar-refractivity contribution in [2.45, 2.75) is 38.0 Å². The van der Waals surface area contributed by atoms with E-state index in [1.54, 1.807) is 18.2 Å². The highest BCUT2D eigenvalue weighted by atomic mass is 19.3. The van der Waals surface area contributed by atoms with Crippen molar-refractivity contribution in [1.29, 1.82) is 0 Å². The number of benzene rings is 1. The molecule has 1 saturated carbocycles. The summed E-state index contributed by atoms with van der Waals surface area (Å²) >= 11 is 0. The second-order valence-corrected chi connectivity index (χ2v) is 5.07. The predicted molar refractivity (Wildman–Crippen MR) is 71.2 cm³/mol. The molecule has 0 amide bonds. The average Bonchev–Trinajstić information content (AvgIpc) is 2.88. The van der Waals surface area contributed by atoms with Crippen LogP contribution in [0.15, 0.2) is 30.4 Å². The lowest BCUT2D eigenvalue weighted by molar-refractivity contribution is -0.0527. The largest absolute Gasteiger partial charge is 0.487 e. The monoisotopic (exact) mass is 281 g/mol. The van der Waals surface area contributed by atoms with Crippen molar-refractivity contribution in [1.82, 2.24) is 5.32 Å². The molecule has 0 saturated heterocycles. The number of hydrogen-bond donors (Lipinski definition) is 1. The Morgan fingerprint density at radius 2 is 2.05 bits per heavy atom. The lowest BCUT2D eigenvalue weighted by Gasteiger charge is -2.27. The smallest absolute Gasteiger partial charge is 0.387 e. The molecule has 3 nitrogen and oxygen atoms in total. The molecule has 108 valence electrons. The summed E-state index contributed by atoms with van der Waals surface area (Å²) in [5, 5.41) is 3.29. The fourth-order valence-electron chi connectivity index (χ4n) is 2.37. The molecule has 0 bridgehead atoms. The van der Waals surface area contributed by atoms with E-state index in [-0.39, 0.29) is 17.9 Å². The maximum Gasteiger partial charge on any atom is 0.387 e. The SMILES string of the molecule is FC(F)Oc1ccc(C2C=CCN2)cc1OC1CCC1. The summed E-state index contributed by atoms with van der Waals surface area (Å²) in [6, 6.07) is 5.25. The highest BCUT2D eigenvalue weighted by molar-refractivity contribution is 5.45. The number of alkyl halides is 2. The van der Waals surface area contributed by atoms with E-state index in [1.165, 1.54) is 0 Å². The Kier molecular flexibility index (Phi) is 3.87. The molecule has 1 atom stereocenters. The Hall–Kier alpha value is -1.62. The molecular weight excluding hydrogens is 264 g/mol. The second-order valence-electron chi connectivity index (χ2n) is 5.07. The van der Waals surface area contributed by atoms with Crippen LogP contribution < -0.4 is 14.8 Å². The van der Waals surface area contributed by atoms with E-state index in [4.69, 9.17) is 4.74 Å². The predicted octanol–water partition coefficient (Wildman–Crippen LogP) is 3.42. The van der Waals surface area contributed by atoms with Crippen molar-refractivity contribution in [2.75, 3.05) is 6.54 Å². The number of rotatable bonds is 5. The number of hydrogen-bond acceptors (Lipinski definition) is 3. The van der Waals surface area contributed by atoms with Crippen LogP contribution in [-0.4, -0.2) is 19.3 Å². The van der Waals surface area contributed by atoms with Gasteiger partial charge in [-0.15, -0.1) is 0 Å². The lowest BCUT2D eigenvalue weighted by atomic mass is 9.96. The van der Waals surface area contributed by atoms with Crippen molar-refractivity contribution in [3.05, 3.63) is 35.9 Å². The van der Waals surface area contributed by atoms with Gasteiger partial charge in [-0.25, -0.2) is 0 Å². The van der Waals surface area contributed by atoms with Crippen LogP contribution in [0.25, 0.3) is 0 Å². The third-order valence-corrected chi connectivity index (χ3v) is 3.67. The van der Waals surface area contributed by atoms with Gasteiger partial charge in [-0.1, -0.05) is 18.2 Å². The number of halogens is 2. The zero-order chi connectivity index (χ0) is 13.9. The molecule has 1 N–H and O–H groups in total. The molecule has 1 heterocycles. The van der Waals surface area contributed by atoms with Crippen LogP contribution in [0.1, 0.15) is 30.9 Å². The fourth-order valence-corrected chi connectivity index (χ4v) is 2.37. The van der Waals surface area contributed by atoms with Crippen molar-refractivity contribution in [2.24, 2.45) is 0 Å². The van der Waals surface area contributed by atoms with Gasteiger partial charge in [0.1, 0.15) is 0 Å². The van der Waals surface area contributed by atoms with E-state index in [0.29, 0.717) is 5.75 Å². The lowest BCUT2D eigenvalue weighted by Crippen LogP contribution is -2.25. The summed E-state index contributed by atoms with van der Waals surface area (Å²) < 4.78 is 35.2. The van der Waals surface area contributed by atoms with Gasteiger partial charge in [0.2, 0.25) is 0 Å². The Bertz CT molecular complexity index is 501. The normalized spacial score (nSPS) is 22.1. The van der Waals surface area contributed by atoms with Gasteiger partial charge in [0, 0.05) is 6.54 Å². The molecule has 2 aliphatic rings. The van der Waals surface area contributed by atoms with Gasteiger partial charge in [0.25, 0.3) is 0 Å². The van der Waals surface area contributed by atoms with E-state index in [2.05, 4.69) is 16.1 Å². The highest BCUT2D eigenvalue weighted by Crippen LogP contribution is 2.36. The molecule has 1 fully saturated rings. The van der Waals surface area contributed by atoms with Crippen LogP contribution in [0.5, 0.6) is 11.5 Å². The summed E-state index contributed by atoms with van der Waals surface area (Å²) in [4.78, 5) is 0. The summed E-state index contributed by atoms with van der Waals surface area (Å²) in [5.74, 6) is 0.521. The van der Waals surface area contributed by atoms with Crippen molar-refractivity contribution >= 4 is 0 Å². The zero-order valence-corrected chi connectivity index (χ0v) is 11.0. The maximum atomic E-state index is 12.4. The summed E-state index contributed by atoms with van der Waals surface area (Å²) in [6.45, 7) is -2.02. The number of ether oxygens (including phenoxy) is 2. The van der Waals surface area contributed by atoms with Gasteiger partial charge < -0.3 is 14.8 Å². The molecule has 1 aliphatic carbocycles. The molecule has 1 aromatic carbocycles. The van der Waals surface area contributed by atoms with Crippen LogP contribution in [0.3, 0.4) is 0 Å². The molecule has 1 aromatic rings. The van der Waals surface area contributed by atoms with Gasteiger partial charge in [0.15, 0.2) is 11.5 Å². The molecule has 0 spiro atoms. The van der Waals surface area contributed by atoms with Gasteiger partial charge in [-0.05, 0) is 37.0 Å². The molecule has 5 heteroatoms. The second kappa shape index (κ2) is 5.79. The van der Waals surface area contributed by atoms with E-state index in [9.17, 15) is 8.78 Å². The highest BCUT2D eigenvalue weighted by Gasteiger charge is 2.23. The molecule has 0 radical (unpaired) electrons. The molecule has 3 rings (SSSR count). The number of nitrogens with one attached hydrogen (secondary N) is 1. The van der Waals surface area contributed by atoms with Crippen molar-refractivity contribution < 1.29 is 18.3 Å². The minimum Gasteiger partial charge on any atom is -0.487 e. The fraction of sp³-hybridized carbons (Fsp3) is 0.467.